The van der Waals surface area contributed by atoms with Gasteiger partial charge >= 0.3 is 0 Å². The molecule has 0 saturated carbocycles. The summed E-state index contributed by atoms with van der Waals surface area (Å²) in [4.78, 5) is 28.4. The van der Waals surface area contributed by atoms with E-state index in [9.17, 15) is 14.9 Å². The van der Waals surface area contributed by atoms with Crippen LogP contribution in [0.5, 0.6) is 0 Å². The van der Waals surface area contributed by atoms with Crippen LogP contribution in [0.4, 0.5) is 16.5 Å². The number of benzene rings is 1. The minimum atomic E-state index is -0.457. The highest BCUT2D eigenvalue weighted by molar-refractivity contribution is 7.17. The average Bonchev–Trinajstić information content (AvgIpc) is 2.94. The maximum Gasteiger partial charge on any atom is 0.269 e. The van der Waals surface area contributed by atoms with Gasteiger partial charge in [0.1, 0.15) is 0 Å². The van der Waals surface area contributed by atoms with E-state index >= 15 is 0 Å². The number of hydrogen-bond acceptors (Lipinski definition) is 7. The number of rotatable bonds is 6. The summed E-state index contributed by atoms with van der Waals surface area (Å²) in [6.07, 6.45) is 4.65. The van der Waals surface area contributed by atoms with Crippen LogP contribution in [-0.2, 0) is 0 Å². The molecule has 0 bridgehead atoms. The Balaban J connectivity index is 2.05. The first-order chi connectivity index (χ1) is 10.5. The quantitative estimate of drug-likeness (QED) is 0.381. The van der Waals surface area contributed by atoms with Gasteiger partial charge in [-0.1, -0.05) is 11.3 Å². The fourth-order valence-electron chi connectivity index (χ4n) is 1.53. The van der Waals surface area contributed by atoms with Crippen molar-refractivity contribution in [1.29, 1.82) is 0 Å². The minimum absolute atomic E-state index is 0.0226. The van der Waals surface area contributed by atoms with E-state index in [1.165, 1.54) is 35.7 Å². The third kappa shape index (κ3) is 4.13. The number of nitro benzene ring substituents is 1. The molecule has 1 N–H and O–H groups in total. The highest BCUT2D eigenvalue weighted by Crippen LogP contribution is 2.24. The SMILES string of the molecule is CN(C)C=CC(=O)c1cnc(Nc2ccc([N+](=O)[O-])cc2)s1. The third-order valence-electron chi connectivity index (χ3n) is 2.60. The monoisotopic (exact) mass is 318 g/mol. The van der Waals surface area contributed by atoms with Crippen LogP contribution >= 0.6 is 11.3 Å². The number of thiazole rings is 1. The molecule has 7 nitrogen and oxygen atoms in total. The van der Waals surface area contributed by atoms with Gasteiger partial charge in [0.25, 0.3) is 5.69 Å². The van der Waals surface area contributed by atoms with Crippen molar-refractivity contribution in [3.05, 3.63) is 57.7 Å². The molecule has 114 valence electrons. The molecule has 1 heterocycles. The number of carbonyl (C=O) groups is 1. The maximum absolute atomic E-state index is 11.9. The van der Waals surface area contributed by atoms with E-state index in [0.717, 1.165) is 0 Å². The summed E-state index contributed by atoms with van der Waals surface area (Å²) in [6, 6.07) is 5.99. The molecule has 0 unspecified atom stereocenters. The van der Waals surface area contributed by atoms with Crippen LogP contribution in [0, 0.1) is 10.1 Å². The van der Waals surface area contributed by atoms with Crippen molar-refractivity contribution < 1.29 is 9.72 Å². The molecule has 1 aromatic heterocycles. The summed E-state index contributed by atoms with van der Waals surface area (Å²) < 4.78 is 0. The number of allylic oxidation sites excluding steroid dienone is 1. The molecule has 0 aliphatic carbocycles. The fraction of sp³-hybridized carbons (Fsp3) is 0.143. The van der Waals surface area contributed by atoms with E-state index in [-0.39, 0.29) is 11.5 Å². The predicted molar refractivity (Wildman–Crippen MR) is 85.7 cm³/mol. The van der Waals surface area contributed by atoms with Crippen LogP contribution in [0.3, 0.4) is 0 Å². The Morgan fingerprint density at radius 1 is 1.36 bits per heavy atom. The largest absolute Gasteiger partial charge is 0.383 e. The van der Waals surface area contributed by atoms with E-state index in [1.54, 1.807) is 23.2 Å². The predicted octanol–water partition coefficient (Wildman–Crippen LogP) is 3.05. The standard InChI is InChI=1S/C14H14N4O3S/c1-17(2)8-7-12(19)13-9-15-14(22-13)16-10-3-5-11(6-4-10)18(20)21/h3-9H,1-2H3,(H,15,16). The molecule has 0 atom stereocenters. The zero-order chi connectivity index (χ0) is 16.1. The molecule has 22 heavy (non-hydrogen) atoms. The Morgan fingerprint density at radius 2 is 2.05 bits per heavy atom. The van der Waals surface area contributed by atoms with Crippen molar-refractivity contribution in [2.24, 2.45) is 0 Å². The molecular weight excluding hydrogens is 304 g/mol. The van der Waals surface area contributed by atoms with Gasteiger partial charge in [-0.3, -0.25) is 14.9 Å². The second kappa shape index (κ2) is 6.81. The number of carbonyl (C=O) groups excluding carboxylic acids is 1. The summed E-state index contributed by atoms with van der Waals surface area (Å²) in [7, 11) is 3.66. The van der Waals surface area contributed by atoms with Gasteiger partial charge in [-0.15, -0.1) is 0 Å². The van der Waals surface area contributed by atoms with Gasteiger partial charge in [0.2, 0.25) is 0 Å². The molecule has 2 aromatic rings. The van der Waals surface area contributed by atoms with Gasteiger partial charge in [0.05, 0.1) is 16.0 Å². The lowest BCUT2D eigenvalue weighted by molar-refractivity contribution is -0.384. The van der Waals surface area contributed by atoms with Gasteiger partial charge in [-0.05, 0) is 12.1 Å². The van der Waals surface area contributed by atoms with Gasteiger partial charge in [-0.25, -0.2) is 4.98 Å². The smallest absolute Gasteiger partial charge is 0.269 e. The molecule has 1 aromatic carbocycles. The number of ketones is 1. The summed E-state index contributed by atoms with van der Waals surface area (Å²) in [5, 5.41) is 14.1. The maximum atomic E-state index is 11.9. The molecule has 0 fully saturated rings. The van der Waals surface area contributed by atoms with Crippen molar-refractivity contribution in [2.75, 3.05) is 19.4 Å². The molecule has 0 saturated heterocycles. The molecule has 0 aliphatic heterocycles. The lowest BCUT2D eigenvalue weighted by Crippen LogP contribution is -2.02. The first-order valence-electron chi connectivity index (χ1n) is 6.32. The molecule has 0 radical (unpaired) electrons. The van der Waals surface area contributed by atoms with Crippen molar-refractivity contribution in [1.82, 2.24) is 9.88 Å². The highest BCUT2D eigenvalue weighted by Gasteiger charge is 2.09. The topological polar surface area (TPSA) is 88.4 Å². The second-order valence-corrected chi connectivity index (χ2v) is 5.63. The minimum Gasteiger partial charge on any atom is -0.383 e. The summed E-state index contributed by atoms with van der Waals surface area (Å²) in [5.41, 5.74) is 0.692. The van der Waals surface area contributed by atoms with Crippen molar-refractivity contribution in [3.8, 4) is 0 Å². The number of non-ortho nitro benzene ring substituents is 1. The molecule has 0 amide bonds. The van der Waals surface area contributed by atoms with E-state index in [1.807, 2.05) is 14.1 Å². The number of nitrogens with one attached hydrogen (secondary N) is 1. The molecule has 0 aliphatic rings. The van der Waals surface area contributed by atoms with Gasteiger partial charge in [-0.2, -0.15) is 0 Å². The van der Waals surface area contributed by atoms with Crippen molar-refractivity contribution >= 4 is 33.6 Å². The Morgan fingerprint density at radius 3 is 2.64 bits per heavy atom. The van der Waals surface area contributed by atoms with Gasteiger partial charge in [0, 0.05) is 44.2 Å². The molecule has 8 heteroatoms. The van der Waals surface area contributed by atoms with Crippen LogP contribution in [-0.4, -0.2) is 34.7 Å². The normalized spacial score (nSPS) is 10.6. The lowest BCUT2D eigenvalue weighted by atomic mass is 10.3. The molecule has 2 rings (SSSR count). The zero-order valence-electron chi connectivity index (χ0n) is 12.0. The Labute approximate surface area is 131 Å². The average molecular weight is 318 g/mol. The summed E-state index contributed by atoms with van der Waals surface area (Å²) in [5.74, 6) is -0.122. The Hall–Kier alpha value is -2.74. The Kier molecular flexibility index (Phi) is 4.84. The van der Waals surface area contributed by atoms with Crippen molar-refractivity contribution in [2.45, 2.75) is 0 Å². The van der Waals surface area contributed by atoms with Gasteiger partial charge in [0.15, 0.2) is 10.9 Å². The fourth-order valence-corrected chi connectivity index (χ4v) is 2.29. The van der Waals surface area contributed by atoms with Crippen LogP contribution in [0.1, 0.15) is 9.67 Å². The highest BCUT2D eigenvalue weighted by atomic mass is 32.1. The number of aromatic nitrogens is 1. The van der Waals surface area contributed by atoms with E-state index < -0.39 is 4.92 Å². The number of nitrogens with zero attached hydrogens (tertiary/aromatic N) is 3. The first-order valence-corrected chi connectivity index (χ1v) is 7.13. The number of nitro groups is 1. The van der Waals surface area contributed by atoms with Gasteiger partial charge < -0.3 is 10.2 Å². The van der Waals surface area contributed by atoms with Crippen LogP contribution in [0.2, 0.25) is 0 Å². The zero-order valence-corrected chi connectivity index (χ0v) is 12.8. The number of anilines is 2. The van der Waals surface area contributed by atoms with Crippen LogP contribution in [0.15, 0.2) is 42.7 Å². The van der Waals surface area contributed by atoms with Crippen LogP contribution in [0.25, 0.3) is 0 Å². The first kappa shape index (κ1) is 15.6. The van der Waals surface area contributed by atoms with E-state index in [0.29, 0.717) is 15.7 Å². The molecular formula is C14H14N4O3S. The Bertz CT molecular complexity index is 707. The number of hydrogen-bond donors (Lipinski definition) is 1. The molecule has 0 spiro atoms. The second-order valence-electron chi connectivity index (χ2n) is 4.60. The summed E-state index contributed by atoms with van der Waals surface area (Å²) in [6.45, 7) is 0. The lowest BCUT2D eigenvalue weighted by Gasteiger charge is -2.02. The van der Waals surface area contributed by atoms with E-state index in [4.69, 9.17) is 0 Å². The third-order valence-corrected chi connectivity index (χ3v) is 3.53. The summed E-state index contributed by atoms with van der Waals surface area (Å²) >= 11 is 1.22. The van der Waals surface area contributed by atoms with E-state index in [2.05, 4.69) is 10.3 Å². The van der Waals surface area contributed by atoms with Crippen molar-refractivity contribution in [3.63, 3.8) is 0 Å². The van der Waals surface area contributed by atoms with Crippen LogP contribution < -0.4 is 5.32 Å².